The monoisotopic (exact) mass is 226 g/mol. The maximum absolute atomic E-state index is 12.1. The molecule has 0 fully saturated rings. The minimum absolute atomic E-state index is 0.172. The van der Waals surface area contributed by atoms with Crippen molar-refractivity contribution in [2.45, 2.75) is 6.92 Å². The topological polar surface area (TPSA) is 52.2 Å². The zero-order chi connectivity index (χ0) is 11.8. The predicted molar refractivity (Wildman–Crippen MR) is 63.3 cm³/mol. The van der Waals surface area contributed by atoms with Crippen LogP contribution in [-0.4, -0.2) is 19.2 Å². The SMILES string of the molecule is Cc1ccc(-n2ccn3cnnc3c2=O)cc1. The third-order valence-electron chi connectivity index (χ3n) is 2.67. The smallest absolute Gasteiger partial charge is 0.283 e. The Balaban J connectivity index is 2.27. The number of nitrogens with zero attached hydrogens (tertiary/aromatic N) is 4. The molecule has 1 aromatic carbocycles. The minimum atomic E-state index is -0.172. The molecule has 84 valence electrons. The molecule has 0 radical (unpaired) electrons. The standard InChI is InChI=1S/C12H10N4O/c1-9-2-4-10(5-3-9)16-7-6-15-8-13-14-11(15)12(16)17/h2-8H,1H3. The number of aryl methyl sites for hydroxylation is 1. The van der Waals surface area contributed by atoms with Crippen LogP contribution in [0.15, 0.2) is 47.8 Å². The van der Waals surface area contributed by atoms with Crippen LogP contribution in [0.3, 0.4) is 0 Å². The molecule has 3 aromatic rings. The highest BCUT2D eigenvalue weighted by molar-refractivity contribution is 5.40. The normalized spacial score (nSPS) is 10.9. The van der Waals surface area contributed by atoms with Gasteiger partial charge >= 0.3 is 5.56 Å². The van der Waals surface area contributed by atoms with Gasteiger partial charge < -0.3 is 0 Å². The molecule has 0 spiro atoms. The summed E-state index contributed by atoms with van der Waals surface area (Å²) in [5.74, 6) is 0. The second-order valence-electron chi connectivity index (χ2n) is 3.87. The molecule has 5 heteroatoms. The molecule has 0 atom stereocenters. The Morgan fingerprint density at radius 1 is 1.12 bits per heavy atom. The van der Waals surface area contributed by atoms with Crippen molar-refractivity contribution >= 4 is 5.65 Å². The molecule has 0 N–H and O–H groups in total. The van der Waals surface area contributed by atoms with Gasteiger partial charge in [0, 0.05) is 18.1 Å². The van der Waals surface area contributed by atoms with Crippen molar-refractivity contribution in [1.82, 2.24) is 19.2 Å². The van der Waals surface area contributed by atoms with Gasteiger partial charge in [-0.05, 0) is 19.1 Å². The highest BCUT2D eigenvalue weighted by atomic mass is 16.1. The van der Waals surface area contributed by atoms with E-state index < -0.39 is 0 Å². The van der Waals surface area contributed by atoms with E-state index in [2.05, 4.69) is 10.2 Å². The van der Waals surface area contributed by atoms with Crippen LogP contribution in [0.1, 0.15) is 5.56 Å². The number of aromatic nitrogens is 4. The summed E-state index contributed by atoms with van der Waals surface area (Å²) in [7, 11) is 0. The van der Waals surface area contributed by atoms with Crippen molar-refractivity contribution in [1.29, 1.82) is 0 Å². The van der Waals surface area contributed by atoms with Crippen LogP contribution in [0.4, 0.5) is 0 Å². The summed E-state index contributed by atoms with van der Waals surface area (Å²) < 4.78 is 3.16. The summed E-state index contributed by atoms with van der Waals surface area (Å²) >= 11 is 0. The van der Waals surface area contributed by atoms with E-state index in [4.69, 9.17) is 0 Å². The van der Waals surface area contributed by atoms with Crippen molar-refractivity contribution in [3.8, 4) is 5.69 Å². The number of hydrogen-bond acceptors (Lipinski definition) is 3. The molecule has 0 aliphatic rings. The van der Waals surface area contributed by atoms with Crippen molar-refractivity contribution < 1.29 is 0 Å². The Kier molecular flexibility index (Phi) is 2.04. The molecule has 0 aliphatic carbocycles. The molecule has 17 heavy (non-hydrogen) atoms. The van der Waals surface area contributed by atoms with Gasteiger partial charge in [0.25, 0.3) is 0 Å². The van der Waals surface area contributed by atoms with Crippen molar-refractivity contribution in [3.05, 3.63) is 58.9 Å². The van der Waals surface area contributed by atoms with Crippen LogP contribution in [0, 0.1) is 6.92 Å². The van der Waals surface area contributed by atoms with E-state index in [1.165, 1.54) is 6.33 Å². The molecule has 0 saturated heterocycles. The summed E-state index contributed by atoms with van der Waals surface area (Å²) in [4.78, 5) is 12.1. The van der Waals surface area contributed by atoms with Crippen LogP contribution in [0.2, 0.25) is 0 Å². The fourth-order valence-corrected chi connectivity index (χ4v) is 1.73. The van der Waals surface area contributed by atoms with Crippen LogP contribution in [0.5, 0.6) is 0 Å². The summed E-state index contributed by atoms with van der Waals surface area (Å²) in [6.07, 6.45) is 4.98. The Morgan fingerprint density at radius 3 is 2.65 bits per heavy atom. The maximum atomic E-state index is 12.1. The van der Waals surface area contributed by atoms with E-state index in [9.17, 15) is 4.79 Å². The second kappa shape index (κ2) is 3.55. The van der Waals surface area contributed by atoms with E-state index >= 15 is 0 Å². The molecule has 2 heterocycles. The van der Waals surface area contributed by atoms with Crippen LogP contribution < -0.4 is 5.56 Å². The zero-order valence-corrected chi connectivity index (χ0v) is 9.24. The molecule has 0 unspecified atom stereocenters. The van der Waals surface area contributed by atoms with Gasteiger partial charge in [0.1, 0.15) is 6.33 Å². The number of hydrogen-bond donors (Lipinski definition) is 0. The van der Waals surface area contributed by atoms with Gasteiger partial charge in [-0.1, -0.05) is 17.7 Å². The highest BCUT2D eigenvalue weighted by Crippen LogP contribution is 2.07. The first-order valence-electron chi connectivity index (χ1n) is 5.24. The predicted octanol–water partition coefficient (Wildman–Crippen LogP) is 1.19. The van der Waals surface area contributed by atoms with Gasteiger partial charge in [-0.25, -0.2) is 0 Å². The summed E-state index contributed by atoms with van der Waals surface area (Å²) in [6.45, 7) is 2.01. The first-order chi connectivity index (χ1) is 8.25. The molecule has 3 rings (SSSR count). The second-order valence-corrected chi connectivity index (χ2v) is 3.87. The average Bonchev–Trinajstić information content (AvgIpc) is 2.80. The van der Waals surface area contributed by atoms with Crippen molar-refractivity contribution in [2.24, 2.45) is 0 Å². The molecule has 0 saturated carbocycles. The third-order valence-corrected chi connectivity index (χ3v) is 2.67. The Morgan fingerprint density at radius 2 is 1.88 bits per heavy atom. The van der Waals surface area contributed by atoms with Gasteiger partial charge in [-0.3, -0.25) is 13.8 Å². The lowest BCUT2D eigenvalue weighted by molar-refractivity contribution is 0.949. The van der Waals surface area contributed by atoms with Crippen LogP contribution >= 0.6 is 0 Å². The van der Waals surface area contributed by atoms with Crippen molar-refractivity contribution in [3.63, 3.8) is 0 Å². The summed E-state index contributed by atoms with van der Waals surface area (Å²) in [5, 5.41) is 7.51. The van der Waals surface area contributed by atoms with E-state index in [-0.39, 0.29) is 5.56 Å². The quantitative estimate of drug-likeness (QED) is 0.626. The van der Waals surface area contributed by atoms with E-state index in [1.54, 1.807) is 21.4 Å². The lowest BCUT2D eigenvalue weighted by Crippen LogP contribution is -2.19. The van der Waals surface area contributed by atoms with Gasteiger partial charge in [-0.2, -0.15) is 0 Å². The molecular weight excluding hydrogens is 216 g/mol. The molecule has 0 aliphatic heterocycles. The van der Waals surface area contributed by atoms with E-state index in [1.807, 2.05) is 31.2 Å². The minimum Gasteiger partial charge on any atom is -0.283 e. The number of fused-ring (bicyclic) bond motifs is 1. The van der Waals surface area contributed by atoms with Crippen LogP contribution in [0.25, 0.3) is 11.3 Å². The maximum Gasteiger partial charge on any atom is 0.300 e. The first kappa shape index (κ1) is 9.77. The van der Waals surface area contributed by atoms with E-state index in [0.717, 1.165) is 11.3 Å². The van der Waals surface area contributed by atoms with Gasteiger partial charge in [0.2, 0.25) is 5.65 Å². The fourth-order valence-electron chi connectivity index (χ4n) is 1.73. The number of rotatable bonds is 1. The van der Waals surface area contributed by atoms with Gasteiger partial charge in [0.05, 0.1) is 0 Å². The molecule has 0 bridgehead atoms. The third kappa shape index (κ3) is 1.52. The van der Waals surface area contributed by atoms with Gasteiger partial charge in [0.15, 0.2) is 0 Å². The largest absolute Gasteiger partial charge is 0.300 e. The summed E-state index contributed by atoms with van der Waals surface area (Å²) in [6, 6.07) is 7.75. The van der Waals surface area contributed by atoms with Crippen molar-refractivity contribution in [2.75, 3.05) is 0 Å². The Labute approximate surface area is 97.0 Å². The van der Waals surface area contributed by atoms with Crippen LogP contribution in [-0.2, 0) is 0 Å². The Bertz CT molecular complexity index is 724. The molecule has 0 amide bonds. The van der Waals surface area contributed by atoms with Gasteiger partial charge in [-0.15, -0.1) is 10.2 Å². The zero-order valence-electron chi connectivity index (χ0n) is 9.24. The summed E-state index contributed by atoms with van der Waals surface area (Å²) in [5.41, 5.74) is 2.14. The molecular formula is C12H10N4O. The Hall–Kier alpha value is -2.43. The fraction of sp³-hybridized carbons (Fsp3) is 0.0833. The lowest BCUT2D eigenvalue weighted by Gasteiger charge is -2.05. The molecule has 5 nitrogen and oxygen atoms in total. The average molecular weight is 226 g/mol. The molecule has 2 aromatic heterocycles. The van der Waals surface area contributed by atoms with E-state index in [0.29, 0.717) is 5.65 Å². The highest BCUT2D eigenvalue weighted by Gasteiger charge is 2.05. The lowest BCUT2D eigenvalue weighted by atomic mass is 10.2. The number of benzene rings is 1. The first-order valence-corrected chi connectivity index (χ1v) is 5.24.